The van der Waals surface area contributed by atoms with Crippen LogP contribution in [0.5, 0.6) is 5.75 Å². The molecule has 44 heavy (non-hydrogen) atoms. The smallest absolute Gasteiger partial charge is 0.239 e. The minimum absolute atomic E-state index is 0. The van der Waals surface area contributed by atoms with E-state index in [0.29, 0.717) is 17.7 Å². The number of aromatic hydroxyl groups is 1. The van der Waals surface area contributed by atoms with Crippen molar-refractivity contribution in [3.05, 3.63) is 125 Å². The molecule has 0 spiro atoms. The fourth-order valence-electron chi connectivity index (χ4n) is 5.24. The van der Waals surface area contributed by atoms with Gasteiger partial charge in [0.15, 0.2) is 5.78 Å². The van der Waals surface area contributed by atoms with Gasteiger partial charge < -0.3 is 14.2 Å². The maximum Gasteiger partial charge on any atom is 0.239 e. The van der Waals surface area contributed by atoms with Crippen molar-refractivity contribution in [1.29, 1.82) is 5.41 Å². The minimum atomic E-state index is -3.89. The third-order valence-electron chi connectivity index (χ3n) is 7.63. The summed E-state index contributed by atoms with van der Waals surface area (Å²) in [5.74, 6) is -0.746. The second kappa shape index (κ2) is 12.8. The number of carbonyl (C=O) groups is 1. The first kappa shape index (κ1) is 32.8. The van der Waals surface area contributed by atoms with Crippen LogP contribution in [0.25, 0.3) is 11.0 Å². The number of ketones is 1. The van der Waals surface area contributed by atoms with Crippen LogP contribution in [-0.2, 0) is 34.3 Å². The Morgan fingerprint density at radius 2 is 1.36 bits per heavy atom. The number of aromatic nitrogens is 2. The van der Waals surface area contributed by atoms with Crippen molar-refractivity contribution in [2.45, 2.75) is 45.0 Å². The van der Waals surface area contributed by atoms with Gasteiger partial charge in [-0.15, -0.1) is 17.0 Å². The van der Waals surface area contributed by atoms with Gasteiger partial charge >= 0.3 is 0 Å². The number of benzene rings is 4. The van der Waals surface area contributed by atoms with E-state index in [4.69, 9.17) is 5.41 Å². The Hall–Kier alpha value is -4.15. The zero-order valence-corrected chi connectivity index (χ0v) is 27.7. The van der Waals surface area contributed by atoms with Crippen LogP contribution >= 0.6 is 17.0 Å². The summed E-state index contributed by atoms with van der Waals surface area (Å²) in [7, 11) is -2.50. The zero-order chi connectivity index (χ0) is 30.9. The van der Waals surface area contributed by atoms with Crippen molar-refractivity contribution in [2.75, 3.05) is 11.4 Å². The number of hydrogen-bond acceptors (Lipinski definition) is 5. The number of hydrogen-bond donors (Lipinski definition) is 2. The lowest BCUT2D eigenvalue weighted by atomic mass is 9.84. The van der Waals surface area contributed by atoms with Gasteiger partial charge in [-0.2, -0.15) is 0 Å². The number of nitrogens with zero attached hydrogens (tertiary/aromatic N) is 3. The molecule has 1 heterocycles. The van der Waals surface area contributed by atoms with Gasteiger partial charge in [-0.1, -0.05) is 93.6 Å². The Bertz CT molecular complexity index is 1960. The molecule has 0 aliphatic rings. The van der Waals surface area contributed by atoms with Crippen molar-refractivity contribution < 1.29 is 18.3 Å². The van der Waals surface area contributed by atoms with Crippen LogP contribution in [0.4, 0.5) is 5.69 Å². The molecule has 1 aromatic heterocycles. The quantitative estimate of drug-likeness (QED) is 0.176. The number of fused-ring (bicyclic) bond motifs is 1. The lowest BCUT2D eigenvalue weighted by Gasteiger charge is -2.27. The monoisotopic (exact) mass is 676 g/mol. The lowest BCUT2D eigenvalue weighted by molar-refractivity contribution is 0.0971. The molecule has 0 atom stereocenters. The van der Waals surface area contributed by atoms with Crippen molar-refractivity contribution in [1.82, 2.24) is 9.13 Å². The zero-order valence-electron chi connectivity index (χ0n) is 25.2. The summed E-state index contributed by atoms with van der Waals surface area (Å²) >= 11 is 0. The molecule has 5 rings (SSSR count). The fourth-order valence-corrected chi connectivity index (χ4v) is 6.49. The highest BCUT2D eigenvalue weighted by atomic mass is 79.9. The summed E-state index contributed by atoms with van der Waals surface area (Å²) in [6, 6.07) is 29.3. The second-order valence-electron chi connectivity index (χ2n) is 11.7. The maximum atomic E-state index is 13.9. The average Bonchev–Trinajstić information content (AvgIpc) is 3.23. The van der Waals surface area contributed by atoms with E-state index in [1.807, 2.05) is 86.0 Å². The van der Waals surface area contributed by atoms with E-state index in [-0.39, 0.29) is 57.7 Å². The van der Waals surface area contributed by atoms with Crippen molar-refractivity contribution >= 4 is 49.5 Å². The number of rotatable bonds is 9. The summed E-state index contributed by atoms with van der Waals surface area (Å²) < 4.78 is 31.4. The molecule has 0 bridgehead atoms. The van der Waals surface area contributed by atoms with Crippen molar-refractivity contribution in [3.63, 3.8) is 0 Å². The van der Waals surface area contributed by atoms with E-state index in [1.165, 1.54) is 13.1 Å². The molecule has 230 valence electrons. The number of para-hydroxylation sites is 2. The van der Waals surface area contributed by atoms with Crippen LogP contribution in [0, 0.1) is 5.41 Å². The molecule has 0 saturated carbocycles. The fraction of sp³-hybridized carbons (Fsp3) is 0.235. The Kier molecular flexibility index (Phi) is 9.56. The highest BCUT2D eigenvalue weighted by Crippen LogP contribution is 2.40. The number of carbonyl (C=O) groups excluding carboxylic acids is 1. The van der Waals surface area contributed by atoms with Gasteiger partial charge in [0.2, 0.25) is 15.6 Å². The molecule has 5 aromatic rings. The van der Waals surface area contributed by atoms with Crippen LogP contribution in [-0.4, -0.2) is 35.5 Å². The molecule has 0 amide bonds. The minimum Gasteiger partial charge on any atom is -0.505 e. The Balaban J connectivity index is 0.00000442. The van der Waals surface area contributed by atoms with E-state index in [9.17, 15) is 18.3 Å². The van der Waals surface area contributed by atoms with Crippen LogP contribution in [0.1, 0.15) is 47.8 Å². The van der Waals surface area contributed by atoms with E-state index in [0.717, 1.165) is 20.9 Å². The molecule has 10 heteroatoms. The van der Waals surface area contributed by atoms with Gasteiger partial charge in [-0.05, 0) is 40.8 Å². The normalized spacial score (nSPS) is 11.7. The second-order valence-corrected chi connectivity index (χ2v) is 13.7. The van der Waals surface area contributed by atoms with E-state index in [2.05, 4.69) is 0 Å². The SMILES string of the molecule is Br.CN(c1cc(C(=O)Cn2c(=N)n(Cc3ccccc3)c3ccccc32)cc(C(C)(C)C)c1O)S(=O)(=O)Cc1ccccc1. The molecular weight excluding hydrogens is 640 g/mol. The van der Waals surface area contributed by atoms with Gasteiger partial charge in [-0.3, -0.25) is 14.5 Å². The average molecular weight is 678 g/mol. The van der Waals surface area contributed by atoms with Gasteiger partial charge in [0.1, 0.15) is 5.75 Å². The summed E-state index contributed by atoms with van der Waals surface area (Å²) in [5, 5.41) is 20.3. The van der Waals surface area contributed by atoms with Gasteiger partial charge in [0, 0.05) is 18.2 Å². The van der Waals surface area contributed by atoms with E-state index < -0.39 is 15.4 Å². The predicted molar refractivity (Wildman–Crippen MR) is 180 cm³/mol. The topological polar surface area (TPSA) is 108 Å². The Morgan fingerprint density at radius 1 is 0.841 bits per heavy atom. The highest BCUT2D eigenvalue weighted by molar-refractivity contribution is 8.93. The van der Waals surface area contributed by atoms with Crippen LogP contribution in [0.2, 0.25) is 0 Å². The summed E-state index contributed by atoms with van der Waals surface area (Å²) in [6.45, 7) is 6.03. The van der Waals surface area contributed by atoms with Gasteiger partial charge in [-0.25, -0.2) is 8.42 Å². The summed E-state index contributed by atoms with van der Waals surface area (Å²) in [6.07, 6.45) is 0. The van der Waals surface area contributed by atoms with Crippen molar-refractivity contribution in [2.24, 2.45) is 0 Å². The first-order chi connectivity index (χ1) is 20.4. The number of imidazole rings is 1. The highest BCUT2D eigenvalue weighted by Gasteiger charge is 2.29. The molecule has 0 unspecified atom stereocenters. The summed E-state index contributed by atoms with van der Waals surface area (Å²) in [5.41, 5.74) is 3.57. The third kappa shape index (κ3) is 6.66. The standard InChI is InChI=1S/C34H36N4O4S.BrH/c1-34(2,3)27-19-26(20-30(32(27)40)36(4)43(41,42)23-25-15-9-6-10-16-25)31(39)22-38-29-18-12-11-17-28(29)37(33(38)35)21-24-13-7-5-8-14-24;/h5-20,35,40H,21-23H2,1-4H3;1H. The van der Waals surface area contributed by atoms with Gasteiger partial charge in [0.25, 0.3) is 0 Å². The summed E-state index contributed by atoms with van der Waals surface area (Å²) in [4.78, 5) is 13.9. The van der Waals surface area contributed by atoms with Gasteiger partial charge in [0.05, 0.1) is 35.6 Å². The molecule has 0 radical (unpaired) electrons. The lowest BCUT2D eigenvalue weighted by Crippen LogP contribution is -2.30. The number of phenols is 1. The first-order valence-electron chi connectivity index (χ1n) is 14.0. The predicted octanol–water partition coefficient (Wildman–Crippen LogP) is 6.40. The molecular formula is C34H37BrN4O4S. The largest absolute Gasteiger partial charge is 0.505 e. The number of nitrogens with one attached hydrogen (secondary N) is 1. The number of sulfonamides is 1. The molecule has 0 aliphatic heterocycles. The van der Waals surface area contributed by atoms with E-state index in [1.54, 1.807) is 34.9 Å². The molecule has 0 aliphatic carbocycles. The molecule has 0 fully saturated rings. The van der Waals surface area contributed by atoms with Crippen molar-refractivity contribution in [3.8, 4) is 5.75 Å². The Labute approximate surface area is 268 Å². The van der Waals surface area contributed by atoms with Crippen LogP contribution in [0.3, 0.4) is 0 Å². The molecule has 8 nitrogen and oxygen atoms in total. The number of anilines is 1. The number of Topliss-reactive ketones (excluding diaryl/α,β-unsaturated/α-hetero) is 1. The maximum absolute atomic E-state index is 13.9. The van der Waals surface area contributed by atoms with Crippen LogP contribution in [0.15, 0.2) is 97.1 Å². The number of phenolic OH excluding ortho intramolecular Hbond substituents is 1. The molecule has 0 saturated heterocycles. The Morgan fingerprint density at radius 3 is 1.93 bits per heavy atom. The molecule has 2 N–H and O–H groups in total. The van der Waals surface area contributed by atoms with E-state index >= 15 is 0 Å². The third-order valence-corrected chi connectivity index (χ3v) is 9.36. The molecule has 4 aromatic carbocycles. The van der Waals surface area contributed by atoms with Crippen LogP contribution < -0.4 is 9.92 Å². The number of halogens is 1. The first-order valence-corrected chi connectivity index (χ1v) is 15.7.